The fraction of sp³-hybridized carbons (Fsp3) is 0.250. The molecule has 27 heavy (non-hydrogen) atoms. The van der Waals surface area contributed by atoms with Crippen LogP contribution in [0.5, 0.6) is 11.6 Å². The van der Waals surface area contributed by atoms with Gasteiger partial charge >= 0.3 is 12.4 Å². The zero-order valence-corrected chi connectivity index (χ0v) is 13.7. The quantitative estimate of drug-likeness (QED) is 0.453. The van der Waals surface area contributed by atoms with E-state index >= 15 is 0 Å². The molecule has 0 unspecified atom stereocenters. The van der Waals surface area contributed by atoms with Gasteiger partial charge in [0, 0.05) is 24.9 Å². The van der Waals surface area contributed by atoms with Gasteiger partial charge in [0.25, 0.3) is 0 Å². The molecule has 0 radical (unpaired) electrons. The van der Waals surface area contributed by atoms with Gasteiger partial charge in [-0.1, -0.05) is 12.1 Å². The second-order valence-corrected chi connectivity index (χ2v) is 4.96. The van der Waals surface area contributed by atoms with Crippen molar-refractivity contribution in [1.29, 1.82) is 0 Å². The Bertz CT molecular complexity index is 701. The summed E-state index contributed by atoms with van der Waals surface area (Å²) >= 11 is 0. The van der Waals surface area contributed by atoms with Gasteiger partial charge in [0.15, 0.2) is 12.2 Å². The Morgan fingerprint density at radius 1 is 1.04 bits per heavy atom. The molecular formula is C16H14F6N2O3. The molecule has 0 saturated carbocycles. The smallest absolute Gasteiger partial charge is 0.404 e. The van der Waals surface area contributed by atoms with Crippen molar-refractivity contribution in [3.63, 3.8) is 0 Å². The number of aldehydes is 1. The third-order valence-corrected chi connectivity index (χ3v) is 2.99. The van der Waals surface area contributed by atoms with Crippen LogP contribution in [0.4, 0.5) is 26.3 Å². The lowest BCUT2D eigenvalue weighted by Crippen LogP contribution is -2.34. The van der Waals surface area contributed by atoms with E-state index in [1.807, 2.05) is 0 Å². The molecule has 0 atom stereocenters. The number of nitrogens with one attached hydrogen (secondary N) is 1. The molecule has 5 nitrogen and oxygen atoms in total. The molecule has 0 saturated heterocycles. The molecule has 0 amide bonds. The summed E-state index contributed by atoms with van der Waals surface area (Å²) in [5, 5.41) is 7.32. The predicted molar refractivity (Wildman–Crippen MR) is 81.8 cm³/mol. The number of alkyl halides is 6. The van der Waals surface area contributed by atoms with Crippen LogP contribution >= 0.6 is 0 Å². The largest absolute Gasteiger partial charge is 0.439 e. The van der Waals surface area contributed by atoms with Gasteiger partial charge in [-0.3, -0.25) is 4.79 Å². The van der Waals surface area contributed by atoms with Crippen LogP contribution in [0.1, 0.15) is 21.8 Å². The summed E-state index contributed by atoms with van der Waals surface area (Å²) in [5.74, 6) is -3.52. The Kier molecular flexibility index (Phi) is 7.73. The van der Waals surface area contributed by atoms with Crippen molar-refractivity contribution in [2.24, 2.45) is 0 Å². The van der Waals surface area contributed by atoms with Gasteiger partial charge in [0.2, 0.25) is 5.88 Å². The number of halogens is 6. The third kappa shape index (κ3) is 6.87. The molecule has 2 rings (SSSR count). The SMILES string of the molecule is CNO.O=Cc1ccc(Oc2ccc(C(C(F)(F)F)C(F)(F)F)cc2)nc1. The van der Waals surface area contributed by atoms with Crippen LogP contribution in [-0.2, 0) is 0 Å². The molecule has 148 valence electrons. The lowest BCUT2D eigenvalue weighted by molar-refractivity contribution is -0.253. The van der Waals surface area contributed by atoms with Crippen LogP contribution in [0, 0.1) is 0 Å². The number of aromatic nitrogens is 1. The Morgan fingerprint density at radius 2 is 1.56 bits per heavy atom. The first-order valence-corrected chi connectivity index (χ1v) is 7.16. The maximum Gasteiger partial charge on any atom is 0.404 e. The van der Waals surface area contributed by atoms with Crippen molar-refractivity contribution in [3.05, 3.63) is 53.7 Å². The zero-order valence-electron chi connectivity index (χ0n) is 13.7. The molecule has 0 aliphatic carbocycles. The molecule has 0 spiro atoms. The maximum absolute atomic E-state index is 12.6. The van der Waals surface area contributed by atoms with Crippen LogP contribution in [0.2, 0.25) is 0 Å². The standard InChI is InChI=1S/C15H9F6NO2.CH5NO/c16-14(17,18)13(15(19,20)21)10-2-4-11(5-3-10)24-12-6-1-9(8-23)7-22-12;1-2-3/h1-8,13H;2-3H,1H3. The van der Waals surface area contributed by atoms with Crippen LogP contribution < -0.4 is 10.2 Å². The van der Waals surface area contributed by atoms with Gasteiger partial charge in [-0.05, 0) is 23.8 Å². The zero-order chi connectivity index (χ0) is 20.7. The van der Waals surface area contributed by atoms with Gasteiger partial charge in [-0.2, -0.15) is 26.3 Å². The highest BCUT2D eigenvalue weighted by molar-refractivity contribution is 5.74. The van der Waals surface area contributed by atoms with E-state index in [4.69, 9.17) is 9.94 Å². The normalized spacial score (nSPS) is 11.6. The van der Waals surface area contributed by atoms with Gasteiger partial charge in [0.1, 0.15) is 5.75 Å². The minimum Gasteiger partial charge on any atom is -0.439 e. The molecule has 11 heteroatoms. The highest BCUT2D eigenvalue weighted by Crippen LogP contribution is 2.46. The number of benzene rings is 1. The van der Waals surface area contributed by atoms with E-state index in [9.17, 15) is 31.1 Å². The van der Waals surface area contributed by atoms with Crippen molar-refractivity contribution >= 4 is 6.29 Å². The molecule has 0 aliphatic rings. The number of hydrogen-bond donors (Lipinski definition) is 2. The van der Waals surface area contributed by atoms with E-state index in [-0.39, 0.29) is 17.2 Å². The summed E-state index contributed by atoms with van der Waals surface area (Å²) in [6.45, 7) is 0. The number of ether oxygens (including phenoxy) is 1. The first kappa shape index (κ1) is 22.4. The van der Waals surface area contributed by atoms with Gasteiger partial charge in [-0.15, -0.1) is 0 Å². The lowest BCUT2D eigenvalue weighted by Gasteiger charge is -2.23. The van der Waals surface area contributed by atoms with E-state index < -0.39 is 23.8 Å². The summed E-state index contributed by atoms with van der Waals surface area (Å²) in [6.07, 6.45) is -9.14. The number of carbonyl (C=O) groups excluding carboxylic acids is 1. The third-order valence-electron chi connectivity index (χ3n) is 2.99. The molecule has 1 aromatic carbocycles. The molecule has 0 fully saturated rings. The number of hydroxylamine groups is 1. The number of nitrogens with zero attached hydrogens (tertiary/aromatic N) is 1. The number of hydrogen-bond acceptors (Lipinski definition) is 5. The van der Waals surface area contributed by atoms with Gasteiger partial charge < -0.3 is 9.94 Å². The van der Waals surface area contributed by atoms with Gasteiger partial charge in [-0.25, -0.2) is 10.5 Å². The predicted octanol–water partition coefficient (Wildman–Crippen LogP) is 4.49. The fourth-order valence-corrected chi connectivity index (χ4v) is 1.93. The Morgan fingerprint density at radius 3 is 1.93 bits per heavy atom. The highest BCUT2D eigenvalue weighted by Gasteiger charge is 2.57. The summed E-state index contributed by atoms with van der Waals surface area (Å²) < 4.78 is 81.0. The topological polar surface area (TPSA) is 71.5 Å². The average molecular weight is 396 g/mol. The monoisotopic (exact) mass is 396 g/mol. The molecule has 0 bridgehead atoms. The highest BCUT2D eigenvalue weighted by atomic mass is 19.4. The maximum atomic E-state index is 12.6. The second-order valence-electron chi connectivity index (χ2n) is 4.96. The molecule has 1 aromatic heterocycles. The van der Waals surface area contributed by atoms with Crippen LogP contribution in [-0.4, -0.2) is 35.9 Å². The minimum atomic E-state index is -5.45. The van der Waals surface area contributed by atoms with E-state index in [1.165, 1.54) is 25.4 Å². The average Bonchev–Trinajstić information content (AvgIpc) is 2.55. The second kappa shape index (κ2) is 9.33. The van der Waals surface area contributed by atoms with Crippen LogP contribution in [0.3, 0.4) is 0 Å². The van der Waals surface area contributed by atoms with Crippen LogP contribution in [0.15, 0.2) is 42.6 Å². The van der Waals surface area contributed by atoms with Crippen molar-refractivity contribution in [1.82, 2.24) is 10.5 Å². The summed E-state index contributed by atoms with van der Waals surface area (Å²) in [5.41, 5.74) is 1.10. The van der Waals surface area contributed by atoms with E-state index in [0.29, 0.717) is 18.4 Å². The van der Waals surface area contributed by atoms with Crippen molar-refractivity contribution < 1.29 is 41.1 Å². The summed E-state index contributed by atoms with van der Waals surface area (Å²) in [6, 6.07) is 6.09. The first-order valence-electron chi connectivity index (χ1n) is 7.16. The number of carbonyl (C=O) groups is 1. The first-order chi connectivity index (χ1) is 12.5. The fourth-order valence-electron chi connectivity index (χ4n) is 1.93. The van der Waals surface area contributed by atoms with Crippen molar-refractivity contribution in [2.45, 2.75) is 18.3 Å². The van der Waals surface area contributed by atoms with Crippen LogP contribution in [0.25, 0.3) is 0 Å². The lowest BCUT2D eigenvalue weighted by atomic mass is 9.98. The van der Waals surface area contributed by atoms with E-state index in [1.54, 1.807) is 5.48 Å². The summed E-state index contributed by atoms with van der Waals surface area (Å²) in [4.78, 5) is 14.2. The van der Waals surface area contributed by atoms with E-state index in [0.717, 1.165) is 12.1 Å². The van der Waals surface area contributed by atoms with Gasteiger partial charge in [0.05, 0.1) is 0 Å². The number of rotatable bonds is 4. The Hall–Kier alpha value is -2.66. The van der Waals surface area contributed by atoms with E-state index in [2.05, 4.69) is 4.98 Å². The Balaban J connectivity index is 0.00000114. The summed E-state index contributed by atoms with van der Waals surface area (Å²) in [7, 11) is 1.43. The Labute approximate surface area is 149 Å². The van der Waals surface area contributed by atoms with Crippen molar-refractivity contribution in [2.75, 3.05) is 7.05 Å². The number of pyridine rings is 1. The minimum absolute atomic E-state index is 0.00759. The molecule has 2 N–H and O–H groups in total. The molecule has 1 heterocycles. The molecule has 0 aliphatic heterocycles. The molecular weight excluding hydrogens is 382 g/mol. The molecule has 2 aromatic rings. The van der Waals surface area contributed by atoms with Crippen molar-refractivity contribution in [3.8, 4) is 11.6 Å².